The minimum Gasteiger partial charge on any atom is -0.408 e. The van der Waals surface area contributed by atoms with Crippen LogP contribution >= 0.6 is 0 Å². The SMILES string of the molecule is CC(C)(CO)NC(=O)CCn1c(=O)oc2ccccc21. The lowest BCUT2D eigenvalue weighted by Crippen LogP contribution is -2.46. The van der Waals surface area contributed by atoms with Gasteiger partial charge in [-0.15, -0.1) is 0 Å². The van der Waals surface area contributed by atoms with Crippen molar-refractivity contribution in [3.63, 3.8) is 0 Å². The molecule has 2 rings (SSSR count). The highest BCUT2D eigenvalue weighted by atomic mass is 16.4. The zero-order chi connectivity index (χ0) is 14.8. The standard InChI is InChI=1S/C14H18N2O4/c1-14(2,9-17)15-12(18)7-8-16-10-5-3-4-6-11(10)20-13(16)19/h3-6,17H,7-9H2,1-2H3,(H,15,18). The lowest BCUT2D eigenvalue weighted by atomic mass is 10.1. The molecule has 20 heavy (non-hydrogen) atoms. The van der Waals surface area contributed by atoms with Gasteiger partial charge in [-0.05, 0) is 26.0 Å². The Hall–Kier alpha value is -2.08. The maximum Gasteiger partial charge on any atom is 0.419 e. The monoisotopic (exact) mass is 278 g/mol. The molecule has 6 heteroatoms. The Morgan fingerprint density at radius 2 is 2.10 bits per heavy atom. The third kappa shape index (κ3) is 3.08. The summed E-state index contributed by atoms with van der Waals surface area (Å²) in [6.45, 7) is 3.55. The van der Waals surface area contributed by atoms with Crippen LogP contribution in [0.3, 0.4) is 0 Å². The predicted octanol–water partition coefficient (Wildman–Crippen LogP) is 0.872. The number of para-hydroxylation sites is 2. The maximum atomic E-state index is 11.8. The van der Waals surface area contributed by atoms with E-state index in [9.17, 15) is 9.59 Å². The summed E-state index contributed by atoms with van der Waals surface area (Å²) in [6, 6.07) is 7.08. The molecule has 2 N–H and O–H groups in total. The zero-order valence-electron chi connectivity index (χ0n) is 11.5. The second-order valence-corrected chi connectivity index (χ2v) is 5.33. The molecule has 0 bridgehead atoms. The van der Waals surface area contributed by atoms with Gasteiger partial charge in [0.2, 0.25) is 5.91 Å². The number of aliphatic hydroxyl groups is 1. The second-order valence-electron chi connectivity index (χ2n) is 5.33. The topological polar surface area (TPSA) is 84.5 Å². The molecule has 0 unspecified atom stereocenters. The summed E-state index contributed by atoms with van der Waals surface area (Å²) in [6.07, 6.45) is 0.146. The van der Waals surface area contributed by atoms with Gasteiger partial charge in [0.25, 0.3) is 0 Å². The average Bonchev–Trinajstić information content (AvgIpc) is 2.71. The van der Waals surface area contributed by atoms with Crippen molar-refractivity contribution in [2.24, 2.45) is 0 Å². The van der Waals surface area contributed by atoms with Crippen molar-refractivity contribution >= 4 is 17.0 Å². The number of fused-ring (bicyclic) bond motifs is 1. The quantitative estimate of drug-likeness (QED) is 0.850. The van der Waals surface area contributed by atoms with Gasteiger partial charge in [-0.1, -0.05) is 12.1 Å². The number of benzene rings is 1. The van der Waals surface area contributed by atoms with E-state index in [1.165, 1.54) is 4.57 Å². The van der Waals surface area contributed by atoms with Crippen molar-refractivity contribution in [1.29, 1.82) is 0 Å². The first kappa shape index (κ1) is 14.3. The van der Waals surface area contributed by atoms with Gasteiger partial charge >= 0.3 is 5.76 Å². The molecule has 0 atom stereocenters. The van der Waals surface area contributed by atoms with Crippen LogP contribution in [0.5, 0.6) is 0 Å². The smallest absolute Gasteiger partial charge is 0.408 e. The van der Waals surface area contributed by atoms with E-state index >= 15 is 0 Å². The van der Waals surface area contributed by atoms with Crippen LogP contribution in [0.1, 0.15) is 20.3 Å². The summed E-state index contributed by atoms with van der Waals surface area (Å²) in [5.41, 5.74) is 0.515. The Balaban J connectivity index is 2.08. The summed E-state index contributed by atoms with van der Waals surface area (Å²) in [5.74, 6) is -0.693. The molecule has 0 saturated heterocycles. The molecule has 0 fully saturated rings. The third-order valence-corrected chi connectivity index (χ3v) is 3.01. The Bertz CT molecular complexity index is 669. The fraction of sp³-hybridized carbons (Fsp3) is 0.429. The number of hydrogen-bond acceptors (Lipinski definition) is 4. The Kier molecular flexibility index (Phi) is 3.94. The molecule has 108 valence electrons. The van der Waals surface area contributed by atoms with E-state index in [1.54, 1.807) is 32.0 Å². The Morgan fingerprint density at radius 3 is 2.80 bits per heavy atom. The molecule has 6 nitrogen and oxygen atoms in total. The van der Waals surface area contributed by atoms with Crippen molar-refractivity contribution < 1.29 is 14.3 Å². The molecule has 0 saturated carbocycles. The normalized spacial score (nSPS) is 11.8. The number of amides is 1. The van der Waals surface area contributed by atoms with E-state index in [0.717, 1.165) is 0 Å². The molecular weight excluding hydrogens is 260 g/mol. The number of aryl methyl sites for hydroxylation is 1. The Labute approximate surface area is 116 Å². The van der Waals surface area contributed by atoms with E-state index in [4.69, 9.17) is 9.52 Å². The fourth-order valence-corrected chi connectivity index (χ4v) is 1.92. The van der Waals surface area contributed by atoms with Gasteiger partial charge in [0.15, 0.2) is 5.58 Å². The highest BCUT2D eigenvalue weighted by molar-refractivity contribution is 5.77. The van der Waals surface area contributed by atoms with Crippen LogP contribution in [0, 0.1) is 0 Å². The van der Waals surface area contributed by atoms with Crippen LogP contribution in [0.25, 0.3) is 11.1 Å². The van der Waals surface area contributed by atoms with Crippen LogP contribution in [0.15, 0.2) is 33.5 Å². The molecule has 0 aliphatic carbocycles. The first-order valence-corrected chi connectivity index (χ1v) is 6.43. The van der Waals surface area contributed by atoms with Crippen LogP contribution in [-0.4, -0.2) is 27.7 Å². The van der Waals surface area contributed by atoms with E-state index in [0.29, 0.717) is 11.1 Å². The zero-order valence-corrected chi connectivity index (χ0v) is 11.5. The molecule has 0 aliphatic heterocycles. The van der Waals surface area contributed by atoms with Crippen molar-refractivity contribution in [3.05, 3.63) is 34.8 Å². The highest BCUT2D eigenvalue weighted by Gasteiger charge is 2.19. The molecule has 1 heterocycles. The van der Waals surface area contributed by atoms with Crippen molar-refractivity contribution in [2.45, 2.75) is 32.4 Å². The summed E-state index contributed by atoms with van der Waals surface area (Å²) >= 11 is 0. The molecule has 2 aromatic rings. The van der Waals surface area contributed by atoms with E-state index in [-0.39, 0.29) is 25.5 Å². The first-order valence-electron chi connectivity index (χ1n) is 6.43. The largest absolute Gasteiger partial charge is 0.419 e. The number of nitrogens with one attached hydrogen (secondary N) is 1. The van der Waals surface area contributed by atoms with Gasteiger partial charge in [-0.3, -0.25) is 9.36 Å². The van der Waals surface area contributed by atoms with Gasteiger partial charge in [0.05, 0.1) is 17.7 Å². The number of aliphatic hydroxyl groups excluding tert-OH is 1. The minimum atomic E-state index is -0.666. The molecule has 1 amide bonds. The van der Waals surface area contributed by atoms with Gasteiger partial charge in [0.1, 0.15) is 0 Å². The number of aromatic nitrogens is 1. The highest BCUT2D eigenvalue weighted by Crippen LogP contribution is 2.12. The van der Waals surface area contributed by atoms with Crippen molar-refractivity contribution in [1.82, 2.24) is 9.88 Å². The van der Waals surface area contributed by atoms with Gasteiger partial charge in [0, 0.05) is 13.0 Å². The van der Waals surface area contributed by atoms with E-state index < -0.39 is 11.3 Å². The number of carbonyl (C=O) groups excluding carboxylic acids is 1. The molecule has 0 spiro atoms. The summed E-state index contributed by atoms with van der Waals surface area (Å²) in [4.78, 5) is 23.5. The van der Waals surface area contributed by atoms with Crippen LogP contribution in [0.4, 0.5) is 0 Å². The molecule has 1 aromatic carbocycles. The first-order chi connectivity index (χ1) is 9.43. The van der Waals surface area contributed by atoms with Crippen molar-refractivity contribution in [3.8, 4) is 0 Å². The fourth-order valence-electron chi connectivity index (χ4n) is 1.92. The Morgan fingerprint density at radius 1 is 1.40 bits per heavy atom. The third-order valence-electron chi connectivity index (χ3n) is 3.01. The van der Waals surface area contributed by atoms with E-state index in [2.05, 4.69) is 5.32 Å². The molecule has 0 aliphatic rings. The van der Waals surface area contributed by atoms with Gasteiger partial charge < -0.3 is 14.8 Å². The maximum absolute atomic E-state index is 11.8. The molecule has 0 radical (unpaired) electrons. The minimum absolute atomic E-state index is 0.146. The number of hydrogen-bond donors (Lipinski definition) is 2. The number of carbonyl (C=O) groups is 1. The van der Waals surface area contributed by atoms with Crippen molar-refractivity contribution in [2.75, 3.05) is 6.61 Å². The summed E-state index contributed by atoms with van der Waals surface area (Å²) in [7, 11) is 0. The van der Waals surface area contributed by atoms with Crippen LogP contribution < -0.4 is 11.1 Å². The predicted molar refractivity (Wildman–Crippen MR) is 74.4 cm³/mol. The number of rotatable bonds is 5. The molecule has 1 aromatic heterocycles. The summed E-state index contributed by atoms with van der Waals surface area (Å²) in [5, 5.41) is 11.8. The average molecular weight is 278 g/mol. The van der Waals surface area contributed by atoms with Gasteiger partial charge in [-0.2, -0.15) is 0 Å². The van der Waals surface area contributed by atoms with E-state index in [1.807, 2.05) is 6.07 Å². The lowest BCUT2D eigenvalue weighted by Gasteiger charge is -2.23. The summed E-state index contributed by atoms with van der Waals surface area (Å²) < 4.78 is 6.52. The number of nitrogens with zero attached hydrogens (tertiary/aromatic N) is 1. The van der Waals surface area contributed by atoms with Gasteiger partial charge in [-0.25, -0.2) is 4.79 Å². The van der Waals surface area contributed by atoms with Crippen LogP contribution in [0.2, 0.25) is 0 Å². The van der Waals surface area contributed by atoms with Crippen LogP contribution in [-0.2, 0) is 11.3 Å². The lowest BCUT2D eigenvalue weighted by molar-refractivity contribution is -0.123. The number of oxazole rings is 1. The second kappa shape index (κ2) is 5.50. The molecular formula is C14H18N2O4.